The van der Waals surface area contributed by atoms with E-state index in [0.29, 0.717) is 23.6 Å². The quantitative estimate of drug-likeness (QED) is 0.643. The third-order valence-electron chi connectivity index (χ3n) is 5.22. The molecule has 1 aliphatic rings. The first-order valence-electron chi connectivity index (χ1n) is 9.93. The number of hydrogen-bond donors (Lipinski definition) is 0. The van der Waals surface area contributed by atoms with Gasteiger partial charge in [0.2, 0.25) is 5.91 Å². The average Bonchev–Trinajstić information content (AvgIpc) is 3.22. The van der Waals surface area contributed by atoms with Gasteiger partial charge in [0.1, 0.15) is 0 Å². The van der Waals surface area contributed by atoms with Crippen LogP contribution in [0.25, 0.3) is 0 Å². The Morgan fingerprint density at radius 1 is 1.06 bits per heavy atom. The summed E-state index contributed by atoms with van der Waals surface area (Å²) in [6, 6.07) is 13.0. The molecule has 31 heavy (non-hydrogen) atoms. The van der Waals surface area contributed by atoms with Crippen molar-refractivity contribution in [2.45, 2.75) is 25.3 Å². The molecule has 0 aliphatic carbocycles. The van der Waals surface area contributed by atoms with E-state index in [1.807, 2.05) is 55.4 Å². The third-order valence-corrected chi connectivity index (χ3v) is 5.22. The predicted octanol–water partition coefficient (Wildman–Crippen LogP) is 1.98. The Morgan fingerprint density at radius 2 is 1.74 bits per heavy atom. The number of anilines is 1. The number of carboxylic acids is 1. The summed E-state index contributed by atoms with van der Waals surface area (Å²) in [6.45, 7) is 0. The highest BCUT2D eigenvalue weighted by Crippen LogP contribution is 2.36. The monoisotopic (exact) mass is 424 g/mol. The lowest BCUT2D eigenvalue weighted by molar-refractivity contribution is -0.305. The van der Waals surface area contributed by atoms with Crippen molar-refractivity contribution in [1.29, 1.82) is 0 Å². The van der Waals surface area contributed by atoms with Gasteiger partial charge in [-0.3, -0.25) is 4.79 Å². The molecule has 1 aliphatic heterocycles. The van der Waals surface area contributed by atoms with Crippen LogP contribution >= 0.6 is 0 Å². The van der Waals surface area contributed by atoms with Crippen LogP contribution in [0.5, 0.6) is 11.5 Å². The minimum atomic E-state index is -1.26. The average molecular weight is 424 g/mol. The normalized spacial score (nSPS) is 15.4. The number of aliphatic carboxylic acids is 1. The Kier molecular flexibility index (Phi) is 6.79. The van der Waals surface area contributed by atoms with Gasteiger partial charge in [-0.15, -0.1) is 0 Å². The van der Waals surface area contributed by atoms with Gasteiger partial charge in [0.25, 0.3) is 0 Å². The zero-order chi connectivity index (χ0) is 22.5. The lowest BCUT2D eigenvalue weighted by atomic mass is 9.97. The minimum Gasteiger partial charge on any atom is -0.550 e. The number of carboxylic acid groups (broad SMARTS) is 1. The van der Waals surface area contributed by atoms with E-state index in [1.165, 1.54) is 5.01 Å². The molecule has 8 nitrogen and oxygen atoms in total. The van der Waals surface area contributed by atoms with Gasteiger partial charge in [-0.1, -0.05) is 12.1 Å². The summed E-state index contributed by atoms with van der Waals surface area (Å²) in [7, 11) is 7.04. The molecule has 1 amide bonds. The van der Waals surface area contributed by atoms with Crippen LogP contribution in [0.4, 0.5) is 5.69 Å². The van der Waals surface area contributed by atoms with Crippen molar-refractivity contribution < 1.29 is 24.2 Å². The van der Waals surface area contributed by atoms with E-state index in [-0.39, 0.29) is 24.8 Å². The summed E-state index contributed by atoms with van der Waals surface area (Å²) in [5.41, 5.74) is 3.48. The molecular formula is C23H26N3O5-. The molecule has 0 aromatic heterocycles. The summed E-state index contributed by atoms with van der Waals surface area (Å²) >= 11 is 0. The van der Waals surface area contributed by atoms with Crippen molar-refractivity contribution in [3.63, 3.8) is 0 Å². The highest BCUT2D eigenvalue weighted by atomic mass is 16.5. The number of carbonyl (C=O) groups is 2. The molecule has 0 bridgehead atoms. The zero-order valence-corrected chi connectivity index (χ0v) is 18.1. The van der Waals surface area contributed by atoms with E-state index >= 15 is 0 Å². The van der Waals surface area contributed by atoms with Gasteiger partial charge in [0.05, 0.1) is 26.0 Å². The van der Waals surface area contributed by atoms with Crippen LogP contribution in [0.2, 0.25) is 0 Å². The van der Waals surface area contributed by atoms with Crippen molar-refractivity contribution in [2.75, 3.05) is 33.2 Å². The standard InChI is InChI=1S/C23H27N3O5/c1-25(2)17-8-5-15(6-9-17)19-14-18(24-26(19)22(27)11-12-23(28)29)16-7-10-20(30-3)21(13-16)31-4/h5-10,13,19H,11-12,14H2,1-4H3,(H,28,29)/p-1/t19-/m1/s1. The molecule has 3 rings (SSSR count). The molecule has 0 saturated carbocycles. The number of nitrogens with zero attached hydrogens (tertiary/aromatic N) is 3. The van der Waals surface area contributed by atoms with Crippen LogP contribution in [-0.4, -0.2) is 50.9 Å². The fraction of sp³-hybridized carbons (Fsp3) is 0.348. The first kappa shape index (κ1) is 22.1. The first-order valence-corrected chi connectivity index (χ1v) is 9.93. The molecule has 0 radical (unpaired) electrons. The second kappa shape index (κ2) is 9.51. The van der Waals surface area contributed by atoms with Crippen LogP contribution in [0.1, 0.15) is 36.4 Å². The smallest absolute Gasteiger partial charge is 0.243 e. The summed E-state index contributed by atoms with van der Waals surface area (Å²) in [5, 5.41) is 16.8. The second-order valence-electron chi connectivity index (χ2n) is 7.43. The predicted molar refractivity (Wildman–Crippen MR) is 115 cm³/mol. The van der Waals surface area contributed by atoms with Crippen LogP contribution in [0, 0.1) is 0 Å². The van der Waals surface area contributed by atoms with Gasteiger partial charge in [-0.05, 0) is 42.3 Å². The lowest BCUT2D eigenvalue weighted by Crippen LogP contribution is -2.29. The van der Waals surface area contributed by atoms with E-state index < -0.39 is 5.97 Å². The molecule has 8 heteroatoms. The molecule has 2 aromatic rings. The van der Waals surface area contributed by atoms with E-state index in [1.54, 1.807) is 20.3 Å². The Bertz CT molecular complexity index is 985. The molecule has 0 spiro atoms. The number of carbonyl (C=O) groups excluding carboxylic acids is 2. The molecule has 1 atom stereocenters. The second-order valence-corrected chi connectivity index (χ2v) is 7.43. The maximum atomic E-state index is 12.8. The molecule has 0 saturated heterocycles. The zero-order valence-electron chi connectivity index (χ0n) is 18.1. The third kappa shape index (κ3) is 4.96. The molecule has 0 N–H and O–H groups in total. The van der Waals surface area contributed by atoms with Gasteiger partial charge in [0.15, 0.2) is 11.5 Å². The van der Waals surface area contributed by atoms with Crippen molar-refractivity contribution in [3.8, 4) is 11.5 Å². The molecular weight excluding hydrogens is 398 g/mol. The minimum absolute atomic E-state index is 0.169. The number of rotatable bonds is 8. The number of amides is 1. The largest absolute Gasteiger partial charge is 0.550 e. The van der Waals surface area contributed by atoms with Crippen molar-refractivity contribution >= 4 is 23.3 Å². The molecule has 164 valence electrons. The van der Waals surface area contributed by atoms with Crippen LogP contribution in [0.15, 0.2) is 47.6 Å². The maximum Gasteiger partial charge on any atom is 0.243 e. The van der Waals surface area contributed by atoms with Crippen LogP contribution in [0.3, 0.4) is 0 Å². The Hall–Kier alpha value is -3.55. The molecule has 2 aromatic carbocycles. The number of hydrazone groups is 1. The summed E-state index contributed by atoms with van der Waals surface area (Å²) < 4.78 is 10.7. The highest BCUT2D eigenvalue weighted by Gasteiger charge is 2.33. The number of hydrogen-bond acceptors (Lipinski definition) is 7. The lowest BCUT2D eigenvalue weighted by Gasteiger charge is -2.23. The van der Waals surface area contributed by atoms with Gasteiger partial charge in [-0.25, -0.2) is 5.01 Å². The van der Waals surface area contributed by atoms with Crippen molar-refractivity contribution in [2.24, 2.45) is 5.10 Å². The molecule has 0 unspecified atom stereocenters. The Labute approximate surface area is 181 Å². The van der Waals surface area contributed by atoms with Crippen molar-refractivity contribution in [1.82, 2.24) is 5.01 Å². The van der Waals surface area contributed by atoms with E-state index in [4.69, 9.17) is 9.47 Å². The topological polar surface area (TPSA) is 94.5 Å². The Balaban J connectivity index is 1.93. The summed E-state index contributed by atoms with van der Waals surface area (Å²) in [5.74, 6) is -0.455. The van der Waals surface area contributed by atoms with Crippen LogP contribution < -0.4 is 19.5 Å². The fourth-order valence-electron chi connectivity index (χ4n) is 3.51. The van der Waals surface area contributed by atoms with Gasteiger partial charge in [-0.2, -0.15) is 5.10 Å². The molecule has 1 heterocycles. The summed E-state index contributed by atoms with van der Waals surface area (Å²) in [6.07, 6.45) is -0.0198. The number of benzene rings is 2. The maximum absolute atomic E-state index is 12.8. The summed E-state index contributed by atoms with van der Waals surface area (Å²) in [4.78, 5) is 25.6. The first-order chi connectivity index (χ1) is 14.8. The van der Waals surface area contributed by atoms with Crippen LogP contribution in [-0.2, 0) is 9.59 Å². The highest BCUT2D eigenvalue weighted by molar-refractivity contribution is 6.03. The Morgan fingerprint density at radius 3 is 2.32 bits per heavy atom. The van der Waals surface area contributed by atoms with Gasteiger partial charge >= 0.3 is 0 Å². The fourth-order valence-corrected chi connectivity index (χ4v) is 3.51. The van der Waals surface area contributed by atoms with Gasteiger partial charge in [0, 0.05) is 44.2 Å². The van der Waals surface area contributed by atoms with E-state index in [2.05, 4.69) is 5.10 Å². The molecule has 0 fully saturated rings. The van der Waals surface area contributed by atoms with Crippen molar-refractivity contribution in [3.05, 3.63) is 53.6 Å². The SMILES string of the molecule is COc1ccc(C2=NN(C(=O)CCC(=O)[O-])[C@@H](c3ccc(N(C)C)cc3)C2)cc1OC. The number of ether oxygens (including phenoxy) is 2. The van der Waals surface area contributed by atoms with E-state index in [9.17, 15) is 14.7 Å². The number of methoxy groups -OCH3 is 2. The van der Waals surface area contributed by atoms with E-state index in [0.717, 1.165) is 16.8 Å². The van der Waals surface area contributed by atoms with Gasteiger partial charge < -0.3 is 24.3 Å².